The van der Waals surface area contributed by atoms with Crippen molar-refractivity contribution in [2.24, 2.45) is 5.92 Å². The lowest BCUT2D eigenvalue weighted by Crippen LogP contribution is -2.41. The molecular weight excluding hydrogens is 481 g/mol. The minimum absolute atomic E-state index is 0.0646. The molecule has 1 saturated carbocycles. The van der Waals surface area contributed by atoms with E-state index < -0.39 is 10.0 Å². The number of nitrogens with zero attached hydrogens (tertiary/aromatic N) is 1. The third-order valence-corrected chi connectivity index (χ3v) is 8.17. The van der Waals surface area contributed by atoms with Crippen LogP contribution in [0.15, 0.2) is 71.8 Å². The average molecular weight is 512 g/mol. The molecule has 3 aromatic rings. The number of hydrogen-bond donors (Lipinski definition) is 3. The van der Waals surface area contributed by atoms with Gasteiger partial charge in [0.15, 0.2) is 0 Å². The van der Waals surface area contributed by atoms with Crippen LogP contribution in [0.25, 0.3) is 11.1 Å². The zero-order valence-corrected chi connectivity index (χ0v) is 20.8. The highest BCUT2D eigenvalue weighted by molar-refractivity contribution is 7.89. The van der Waals surface area contributed by atoms with Crippen molar-refractivity contribution in [2.75, 3.05) is 0 Å². The fourth-order valence-electron chi connectivity index (χ4n) is 4.44. The number of rotatable bonds is 8. The lowest BCUT2D eigenvalue weighted by Gasteiger charge is -2.29. The van der Waals surface area contributed by atoms with E-state index in [-0.39, 0.29) is 41.2 Å². The van der Waals surface area contributed by atoms with Crippen molar-refractivity contribution in [1.82, 2.24) is 15.0 Å². The van der Waals surface area contributed by atoms with Gasteiger partial charge in [-0.15, -0.1) is 0 Å². The van der Waals surface area contributed by atoms with Crippen LogP contribution in [0.4, 0.5) is 4.39 Å². The summed E-state index contributed by atoms with van der Waals surface area (Å²) in [6, 6.07) is 15.7. The maximum atomic E-state index is 13.1. The van der Waals surface area contributed by atoms with Gasteiger partial charge in [0.2, 0.25) is 15.9 Å². The van der Waals surface area contributed by atoms with Gasteiger partial charge < -0.3 is 10.4 Å². The molecule has 4 rings (SSSR count). The Morgan fingerprint density at radius 2 is 1.64 bits per heavy atom. The molecule has 2 aromatic carbocycles. The predicted octanol–water partition coefficient (Wildman–Crippen LogP) is 4.09. The number of amides is 1. The van der Waals surface area contributed by atoms with Crippen molar-refractivity contribution < 1.29 is 22.7 Å². The number of hydrogen-bond acceptors (Lipinski definition) is 5. The molecule has 0 radical (unpaired) electrons. The third-order valence-electron chi connectivity index (χ3n) is 6.63. The number of benzene rings is 2. The summed E-state index contributed by atoms with van der Waals surface area (Å²) in [7, 11) is -3.70. The summed E-state index contributed by atoms with van der Waals surface area (Å²) < 4.78 is 41.7. The summed E-state index contributed by atoms with van der Waals surface area (Å²) in [4.78, 5) is 17.0. The highest BCUT2D eigenvalue weighted by Gasteiger charge is 2.29. The van der Waals surface area contributed by atoms with E-state index in [2.05, 4.69) is 15.0 Å². The second-order valence-corrected chi connectivity index (χ2v) is 10.9. The smallest absolute Gasteiger partial charge is 0.240 e. The zero-order chi connectivity index (χ0) is 25.7. The van der Waals surface area contributed by atoms with E-state index in [1.165, 1.54) is 12.1 Å². The van der Waals surface area contributed by atoms with Gasteiger partial charge in [0.1, 0.15) is 5.82 Å². The van der Waals surface area contributed by atoms with Gasteiger partial charge in [-0.05, 0) is 74.1 Å². The lowest BCUT2D eigenvalue weighted by molar-refractivity contribution is -0.126. The van der Waals surface area contributed by atoms with E-state index in [0.29, 0.717) is 31.4 Å². The number of pyridine rings is 1. The van der Waals surface area contributed by atoms with Gasteiger partial charge in [-0.3, -0.25) is 9.78 Å². The van der Waals surface area contributed by atoms with E-state index in [1.54, 1.807) is 48.7 Å². The number of aliphatic hydroxyl groups excluding tert-OH is 1. The number of sulfonamides is 1. The van der Waals surface area contributed by atoms with Crippen molar-refractivity contribution in [3.05, 3.63) is 83.9 Å². The summed E-state index contributed by atoms with van der Waals surface area (Å²) in [5, 5.41) is 12.1. The Kier molecular flexibility index (Phi) is 8.13. The summed E-state index contributed by atoms with van der Waals surface area (Å²) in [5.74, 6) is -0.566. The first-order valence-electron chi connectivity index (χ1n) is 12.0. The van der Waals surface area contributed by atoms with Crippen LogP contribution in [0.3, 0.4) is 0 Å². The first-order chi connectivity index (χ1) is 17.2. The topological polar surface area (TPSA) is 108 Å². The van der Waals surface area contributed by atoms with Crippen LogP contribution in [0, 0.1) is 11.7 Å². The van der Waals surface area contributed by atoms with Crippen LogP contribution in [0.2, 0.25) is 0 Å². The van der Waals surface area contributed by atoms with Crippen LogP contribution in [-0.4, -0.2) is 30.5 Å². The first-order valence-corrected chi connectivity index (χ1v) is 13.5. The molecule has 0 saturated heterocycles. The van der Waals surface area contributed by atoms with Crippen molar-refractivity contribution in [2.45, 2.75) is 56.2 Å². The van der Waals surface area contributed by atoms with Gasteiger partial charge in [0.25, 0.3) is 0 Å². The molecule has 0 bridgehead atoms. The van der Waals surface area contributed by atoms with Crippen molar-refractivity contribution in [3.63, 3.8) is 0 Å². The molecule has 1 aliphatic rings. The summed E-state index contributed by atoms with van der Waals surface area (Å²) in [6.45, 7) is 1.72. The molecule has 1 aromatic heterocycles. The SMILES string of the molecule is C[C@@H](NC(=O)C1CCC(NS(=O)(=O)c2ccc(-c3ccc(CO)nc3)cc2)CC1)c1ccc(F)cc1. The zero-order valence-electron chi connectivity index (χ0n) is 20.0. The fourth-order valence-corrected chi connectivity index (χ4v) is 5.75. The number of aromatic nitrogens is 1. The van der Waals surface area contributed by atoms with Gasteiger partial charge in [-0.1, -0.05) is 30.3 Å². The number of nitrogens with one attached hydrogen (secondary N) is 2. The van der Waals surface area contributed by atoms with Crippen LogP contribution in [-0.2, 0) is 21.4 Å². The maximum Gasteiger partial charge on any atom is 0.240 e. The van der Waals surface area contributed by atoms with E-state index in [0.717, 1.165) is 16.7 Å². The van der Waals surface area contributed by atoms with Crippen LogP contribution in [0.1, 0.15) is 49.9 Å². The molecule has 1 fully saturated rings. The van der Waals surface area contributed by atoms with E-state index in [4.69, 9.17) is 5.11 Å². The Balaban J connectivity index is 1.30. The highest BCUT2D eigenvalue weighted by atomic mass is 32.2. The molecule has 190 valence electrons. The molecule has 1 amide bonds. The summed E-state index contributed by atoms with van der Waals surface area (Å²) in [5.41, 5.74) is 3.05. The Bertz CT molecular complexity index is 1270. The van der Waals surface area contributed by atoms with Crippen LogP contribution in [0.5, 0.6) is 0 Å². The molecule has 3 N–H and O–H groups in total. The summed E-state index contributed by atoms with van der Waals surface area (Å²) in [6.07, 6.45) is 3.96. The minimum Gasteiger partial charge on any atom is -0.390 e. The van der Waals surface area contributed by atoms with E-state index in [1.807, 2.05) is 13.0 Å². The van der Waals surface area contributed by atoms with Gasteiger partial charge in [-0.25, -0.2) is 17.5 Å². The molecule has 0 aliphatic heterocycles. The second kappa shape index (κ2) is 11.3. The van der Waals surface area contributed by atoms with Gasteiger partial charge in [0.05, 0.1) is 23.2 Å². The van der Waals surface area contributed by atoms with Gasteiger partial charge in [-0.2, -0.15) is 0 Å². The number of carbonyl (C=O) groups is 1. The third kappa shape index (κ3) is 6.34. The molecule has 1 aliphatic carbocycles. The molecule has 9 heteroatoms. The van der Waals surface area contributed by atoms with Crippen molar-refractivity contribution in [1.29, 1.82) is 0 Å². The number of aliphatic hydroxyl groups is 1. The maximum absolute atomic E-state index is 13.1. The van der Waals surface area contributed by atoms with Crippen LogP contribution >= 0.6 is 0 Å². The van der Waals surface area contributed by atoms with Crippen LogP contribution < -0.4 is 10.0 Å². The monoisotopic (exact) mass is 511 g/mol. The van der Waals surface area contributed by atoms with E-state index in [9.17, 15) is 17.6 Å². The molecule has 0 unspecified atom stereocenters. The molecule has 0 spiro atoms. The predicted molar refractivity (Wildman–Crippen MR) is 135 cm³/mol. The fraction of sp³-hybridized carbons (Fsp3) is 0.333. The Morgan fingerprint density at radius 1 is 1.00 bits per heavy atom. The quantitative estimate of drug-likeness (QED) is 0.422. The lowest BCUT2D eigenvalue weighted by atomic mass is 9.85. The number of carbonyl (C=O) groups excluding carboxylic acids is 1. The number of halogens is 1. The van der Waals surface area contributed by atoms with Crippen molar-refractivity contribution in [3.8, 4) is 11.1 Å². The molecular formula is C27H30FN3O4S. The Hall–Kier alpha value is -3.14. The van der Waals surface area contributed by atoms with Crippen molar-refractivity contribution >= 4 is 15.9 Å². The molecule has 1 atom stereocenters. The average Bonchev–Trinajstić information content (AvgIpc) is 2.89. The summed E-state index contributed by atoms with van der Waals surface area (Å²) >= 11 is 0. The van der Waals surface area contributed by atoms with E-state index >= 15 is 0 Å². The normalized spacial score (nSPS) is 19.0. The largest absolute Gasteiger partial charge is 0.390 e. The van der Waals surface area contributed by atoms with Gasteiger partial charge in [0, 0.05) is 23.7 Å². The standard InChI is InChI=1S/C27H30FN3O4S/c1-18(19-2-9-23(28)10-3-19)30-27(33)21-4-11-24(12-5-21)31-36(34,35)26-14-7-20(8-15-26)22-6-13-25(17-32)29-16-22/h2-3,6-10,13-16,18,21,24,31-32H,4-5,11-12,17H2,1H3,(H,30,33)/t18-,21?,24?/m1/s1. The second-order valence-electron chi connectivity index (χ2n) is 9.17. The first kappa shape index (κ1) is 25.9. The molecule has 36 heavy (non-hydrogen) atoms. The Morgan fingerprint density at radius 3 is 2.22 bits per heavy atom. The minimum atomic E-state index is -3.70. The Labute approximate surface area is 210 Å². The molecule has 1 heterocycles. The van der Waals surface area contributed by atoms with Gasteiger partial charge >= 0.3 is 0 Å². The molecule has 7 nitrogen and oxygen atoms in total. The highest BCUT2D eigenvalue weighted by Crippen LogP contribution is 2.27.